The number of anilines is 1. The predicted molar refractivity (Wildman–Crippen MR) is 87.4 cm³/mol. The van der Waals surface area contributed by atoms with Crippen molar-refractivity contribution in [2.24, 2.45) is 0 Å². The Labute approximate surface area is 170 Å². The van der Waals surface area contributed by atoms with E-state index in [0.29, 0.717) is 12.1 Å². The number of hydrogen-bond acceptors (Lipinski definition) is 6. The van der Waals surface area contributed by atoms with Gasteiger partial charge in [-0.05, 0) is 6.42 Å². The fourth-order valence-electron chi connectivity index (χ4n) is 1.27. The van der Waals surface area contributed by atoms with Crippen LogP contribution in [0.1, 0.15) is 23.1 Å². The van der Waals surface area contributed by atoms with Gasteiger partial charge in [0.05, 0.1) is 5.75 Å². The van der Waals surface area contributed by atoms with Gasteiger partial charge in [-0.1, -0.05) is 6.92 Å². The quantitative estimate of drug-likeness (QED) is 0.213. The number of amides is 1. The van der Waals surface area contributed by atoms with Crippen molar-refractivity contribution in [3.05, 3.63) is 24.3 Å². The van der Waals surface area contributed by atoms with Crippen molar-refractivity contribution in [1.29, 1.82) is 0 Å². The summed E-state index contributed by atoms with van der Waals surface area (Å²) in [5.41, 5.74) is 0.368. The van der Waals surface area contributed by atoms with Crippen LogP contribution in [0.3, 0.4) is 0 Å². The molecule has 0 radical (unpaired) electrons. The molecular weight excluding hydrogens is 421 g/mol. The molecule has 1 unspecified atom stereocenters. The summed E-state index contributed by atoms with van der Waals surface area (Å²) in [6, 6.07) is 5.64. The summed E-state index contributed by atoms with van der Waals surface area (Å²) in [4.78, 5) is 10.7. The van der Waals surface area contributed by atoms with Crippen molar-refractivity contribution in [2.75, 3.05) is 11.1 Å². The van der Waals surface area contributed by atoms with Gasteiger partial charge >= 0.3 is 126 Å². The minimum absolute atomic E-state index is 0. The molecular formula is C11H20AsCaNO8S. The Morgan fingerprint density at radius 2 is 2.00 bits per heavy atom. The SMILES string of the molecule is CC(=O)Nc1cccc([As](=O)(O)OO)c1.CCCS(=O)(=O)O.[Ca+2].[H-].[H-]. The van der Waals surface area contributed by atoms with Gasteiger partial charge in [0.15, 0.2) is 0 Å². The Bertz CT molecular complexity index is 661. The first-order valence-electron chi connectivity index (χ1n) is 6.01. The third-order valence-electron chi connectivity index (χ3n) is 2.07. The summed E-state index contributed by atoms with van der Waals surface area (Å²) in [7, 11) is -3.67. The van der Waals surface area contributed by atoms with Crippen molar-refractivity contribution >= 4 is 78.0 Å². The van der Waals surface area contributed by atoms with E-state index < -0.39 is 24.3 Å². The molecule has 1 rings (SSSR count). The normalized spacial score (nSPS) is 12.9. The molecule has 1 aromatic carbocycles. The van der Waals surface area contributed by atoms with Gasteiger partial charge < -0.3 is 2.85 Å². The minimum atomic E-state index is -4.83. The topological polar surface area (TPSA) is 150 Å². The maximum Gasteiger partial charge on any atom is 2.00 e. The Balaban J connectivity index is -0.000000192. The Hall–Kier alpha value is 0.0982. The zero-order valence-electron chi connectivity index (χ0n) is 14.7. The number of benzene rings is 1. The molecule has 0 bridgehead atoms. The van der Waals surface area contributed by atoms with Gasteiger partial charge in [-0.25, -0.2) is 0 Å². The summed E-state index contributed by atoms with van der Waals surface area (Å²) in [5, 5.41) is 10.7. The second-order valence-electron chi connectivity index (χ2n) is 4.12. The summed E-state index contributed by atoms with van der Waals surface area (Å²) in [6.07, 6.45) is 0.471. The van der Waals surface area contributed by atoms with Crippen molar-refractivity contribution in [3.8, 4) is 0 Å². The number of rotatable bonds is 5. The third-order valence-corrected chi connectivity index (χ3v) is 5.41. The van der Waals surface area contributed by atoms with Crippen molar-refractivity contribution < 1.29 is 37.6 Å². The van der Waals surface area contributed by atoms with E-state index in [0.717, 1.165) is 0 Å². The summed E-state index contributed by atoms with van der Waals surface area (Å²) in [5.74, 6) is -0.426. The van der Waals surface area contributed by atoms with Crippen LogP contribution in [0.2, 0.25) is 0 Å². The van der Waals surface area contributed by atoms with Crippen molar-refractivity contribution in [3.63, 3.8) is 0 Å². The first-order valence-corrected chi connectivity index (χ1v) is 10.9. The average Bonchev–Trinajstić information content (AvgIpc) is 2.37. The van der Waals surface area contributed by atoms with Crippen LogP contribution >= 0.6 is 0 Å². The number of nitrogens with one attached hydrogen (secondary N) is 1. The standard InChI is InChI=1S/C8H10AsNO5.C3H8O3S.Ca.2H/c1-6(11)10-8-4-2-3-7(5-8)9(12,13)15-14;1-2-3-7(4,5)6;;;/h2-5,14H,1H3,(H,10,11)(H,12,13);2-3H2,1H3,(H,4,5,6);;;/q;;+2;2*-1. The van der Waals surface area contributed by atoms with Crippen LogP contribution in [0.4, 0.5) is 5.69 Å². The van der Waals surface area contributed by atoms with Crippen molar-refractivity contribution in [1.82, 2.24) is 0 Å². The molecule has 0 saturated heterocycles. The van der Waals surface area contributed by atoms with Crippen LogP contribution in [0.5, 0.6) is 0 Å². The van der Waals surface area contributed by atoms with Gasteiger partial charge in [0, 0.05) is 0 Å². The second-order valence-corrected chi connectivity index (χ2v) is 9.30. The molecule has 0 aliphatic heterocycles. The van der Waals surface area contributed by atoms with Gasteiger partial charge in [-0.2, -0.15) is 8.42 Å². The Morgan fingerprint density at radius 1 is 1.43 bits per heavy atom. The fourth-order valence-corrected chi connectivity index (χ4v) is 3.19. The second kappa shape index (κ2) is 11.6. The molecule has 0 fully saturated rings. The minimum Gasteiger partial charge on any atom is -1.00 e. The molecule has 1 atom stereocenters. The van der Waals surface area contributed by atoms with Crippen molar-refractivity contribution in [2.45, 2.75) is 20.3 Å². The van der Waals surface area contributed by atoms with E-state index >= 15 is 0 Å². The van der Waals surface area contributed by atoms with E-state index in [1.165, 1.54) is 25.1 Å². The van der Waals surface area contributed by atoms with E-state index in [-0.39, 0.29) is 56.6 Å². The van der Waals surface area contributed by atoms with E-state index in [1.54, 1.807) is 13.0 Å². The maximum absolute atomic E-state index is 11.3. The van der Waals surface area contributed by atoms with Gasteiger partial charge in [0.2, 0.25) is 0 Å². The van der Waals surface area contributed by atoms with E-state index in [4.69, 9.17) is 9.81 Å². The van der Waals surface area contributed by atoms with Gasteiger partial charge in [0.25, 0.3) is 10.1 Å². The zero-order chi connectivity index (χ0) is 17.4. The average molecular weight is 441 g/mol. The van der Waals surface area contributed by atoms with Crippen LogP contribution < -0.4 is 9.67 Å². The summed E-state index contributed by atoms with van der Waals surface area (Å²) in [6.45, 7) is 3.01. The zero-order valence-corrected chi connectivity index (χ0v) is 17.6. The Morgan fingerprint density at radius 3 is 2.35 bits per heavy atom. The molecule has 4 N–H and O–H groups in total. The molecule has 1 amide bonds. The summed E-state index contributed by atoms with van der Waals surface area (Å²) >= 11 is -4.83. The number of hydrogen-bond donors (Lipinski definition) is 4. The summed E-state index contributed by atoms with van der Waals surface area (Å²) < 4.78 is 51.5. The number of carbonyl (C=O) groups excluding carboxylic acids is 1. The molecule has 0 aliphatic carbocycles. The predicted octanol–water partition coefficient (Wildman–Crippen LogP) is -0.168. The molecule has 23 heavy (non-hydrogen) atoms. The molecule has 12 heteroatoms. The van der Waals surface area contributed by atoms with Crippen LogP contribution in [-0.2, 0) is 22.5 Å². The molecule has 130 valence electrons. The number of carbonyl (C=O) groups is 1. The van der Waals surface area contributed by atoms with E-state index in [1.807, 2.05) is 0 Å². The molecule has 0 aromatic heterocycles. The van der Waals surface area contributed by atoms with Gasteiger partial charge in [0.1, 0.15) is 0 Å². The van der Waals surface area contributed by atoms with Crippen LogP contribution in [0.15, 0.2) is 24.3 Å². The monoisotopic (exact) mass is 441 g/mol. The van der Waals surface area contributed by atoms with Gasteiger partial charge in [-0.3, -0.25) is 4.55 Å². The van der Waals surface area contributed by atoms with Gasteiger partial charge in [-0.15, -0.1) is 0 Å². The Kier molecular flexibility index (Phi) is 12.8. The molecule has 1 aromatic rings. The molecule has 0 saturated carbocycles. The fraction of sp³-hybridized carbons (Fsp3) is 0.364. The van der Waals surface area contributed by atoms with E-state index in [2.05, 4.69) is 9.19 Å². The first-order chi connectivity index (χ1) is 10.0. The van der Waals surface area contributed by atoms with Crippen LogP contribution in [0, 0.1) is 0 Å². The molecule has 0 spiro atoms. The largest absolute Gasteiger partial charge is 2.00 e. The third kappa shape index (κ3) is 12.2. The molecule has 9 nitrogen and oxygen atoms in total. The first kappa shape index (κ1) is 25.3. The van der Waals surface area contributed by atoms with E-state index in [9.17, 15) is 21.0 Å². The molecule has 0 aliphatic rings. The van der Waals surface area contributed by atoms with Crippen LogP contribution in [-0.4, -0.2) is 85.9 Å². The maximum atomic E-state index is 11.3. The smallest absolute Gasteiger partial charge is 1.00 e. The van der Waals surface area contributed by atoms with Crippen LogP contribution in [0.25, 0.3) is 0 Å². The molecule has 0 heterocycles.